The second-order valence-electron chi connectivity index (χ2n) is 3.63. The van der Waals surface area contributed by atoms with Crippen molar-refractivity contribution in [3.63, 3.8) is 0 Å². The number of benzene rings is 2. The van der Waals surface area contributed by atoms with Crippen LogP contribution < -0.4 is 0 Å². The minimum absolute atomic E-state index is 1.04. The maximum Gasteiger partial charge on any atom is 0.00470 e. The van der Waals surface area contributed by atoms with Crippen molar-refractivity contribution in [2.24, 2.45) is 0 Å². The first-order chi connectivity index (χ1) is 6.84. The Morgan fingerprint density at radius 3 is 2.79 bits per heavy atom. The van der Waals surface area contributed by atoms with Crippen LogP contribution in [-0.2, 0) is 6.42 Å². The van der Waals surface area contributed by atoms with E-state index in [4.69, 9.17) is 0 Å². The summed E-state index contributed by atoms with van der Waals surface area (Å²) >= 11 is 3.57. The van der Waals surface area contributed by atoms with Crippen LogP contribution in [0.4, 0.5) is 0 Å². The molecule has 0 amide bonds. The molecule has 3 rings (SSSR count). The van der Waals surface area contributed by atoms with Gasteiger partial charge in [-0.05, 0) is 28.0 Å². The van der Waals surface area contributed by atoms with Gasteiger partial charge in [0.05, 0.1) is 0 Å². The average Bonchev–Trinajstić information content (AvgIpc) is 2.59. The lowest BCUT2D eigenvalue weighted by molar-refractivity contribution is 1.31. The standard InChI is InChI=1S/C13H9Br/c14-11-7-10-6-5-9-3-1-2-4-12(9)13(10)8-11/h1-6,8H,7H2. The highest BCUT2D eigenvalue weighted by molar-refractivity contribution is 9.11. The van der Waals surface area contributed by atoms with Crippen LogP contribution in [0.15, 0.2) is 40.9 Å². The zero-order valence-electron chi connectivity index (χ0n) is 7.63. The lowest BCUT2D eigenvalue weighted by Gasteiger charge is -2.03. The summed E-state index contributed by atoms with van der Waals surface area (Å²) in [6.45, 7) is 0. The second kappa shape index (κ2) is 2.96. The molecule has 1 heteroatoms. The van der Waals surface area contributed by atoms with Crippen molar-refractivity contribution in [2.75, 3.05) is 0 Å². The molecule has 0 aliphatic heterocycles. The highest BCUT2D eigenvalue weighted by atomic mass is 79.9. The Balaban J connectivity index is 2.42. The second-order valence-corrected chi connectivity index (χ2v) is 4.65. The smallest absolute Gasteiger partial charge is 0.00470 e. The van der Waals surface area contributed by atoms with Gasteiger partial charge in [-0.25, -0.2) is 0 Å². The van der Waals surface area contributed by atoms with Crippen molar-refractivity contribution in [2.45, 2.75) is 6.42 Å². The van der Waals surface area contributed by atoms with Gasteiger partial charge in [-0.1, -0.05) is 52.3 Å². The molecule has 0 heterocycles. The minimum Gasteiger partial charge on any atom is -0.0616 e. The fourth-order valence-electron chi connectivity index (χ4n) is 2.05. The third-order valence-electron chi connectivity index (χ3n) is 2.72. The predicted octanol–water partition coefficient (Wildman–Crippen LogP) is 4.13. The van der Waals surface area contributed by atoms with Gasteiger partial charge in [-0.15, -0.1) is 0 Å². The van der Waals surface area contributed by atoms with Crippen molar-refractivity contribution >= 4 is 32.8 Å². The van der Waals surface area contributed by atoms with Crippen molar-refractivity contribution in [3.8, 4) is 0 Å². The molecule has 0 spiro atoms. The first kappa shape index (κ1) is 8.25. The molecule has 0 atom stereocenters. The van der Waals surface area contributed by atoms with Gasteiger partial charge in [0.15, 0.2) is 0 Å². The number of halogens is 1. The molecule has 1 aliphatic carbocycles. The van der Waals surface area contributed by atoms with Gasteiger partial charge >= 0.3 is 0 Å². The zero-order valence-corrected chi connectivity index (χ0v) is 9.21. The van der Waals surface area contributed by atoms with E-state index in [9.17, 15) is 0 Å². The number of hydrogen-bond acceptors (Lipinski definition) is 0. The summed E-state index contributed by atoms with van der Waals surface area (Å²) in [7, 11) is 0. The number of allylic oxidation sites excluding steroid dienone is 1. The van der Waals surface area contributed by atoms with E-state index in [1.807, 2.05) is 0 Å². The van der Waals surface area contributed by atoms with Crippen LogP contribution in [-0.4, -0.2) is 0 Å². The first-order valence-electron chi connectivity index (χ1n) is 4.71. The summed E-state index contributed by atoms with van der Waals surface area (Å²) in [6.07, 6.45) is 3.28. The molecule has 0 bridgehead atoms. The highest BCUT2D eigenvalue weighted by Crippen LogP contribution is 2.33. The Morgan fingerprint density at radius 1 is 1.00 bits per heavy atom. The van der Waals surface area contributed by atoms with E-state index in [1.165, 1.54) is 26.4 Å². The van der Waals surface area contributed by atoms with Crippen molar-refractivity contribution in [1.29, 1.82) is 0 Å². The topological polar surface area (TPSA) is 0 Å². The Hall–Kier alpha value is -1.08. The van der Waals surface area contributed by atoms with Crippen molar-refractivity contribution in [3.05, 3.63) is 52.0 Å². The maximum absolute atomic E-state index is 3.57. The third-order valence-corrected chi connectivity index (χ3v) is 3.23. The fraction of sp³-hybridized carbons (Fsp3) is 0.0769. The van der Waals surface area contributed by atoms with E-state index in [0.717, 1.165) is 6.42 Å². The normalized spacial score (nSPS) is 14.2. The Labute approximate surface area is 91.4 Å². The molecule has 14 heavy (non-hydrogen) atoms. The van der Waals surface area contributed by atoms with Crippen LogP contribution in [0.2, 0.25) is 0 Å². The van der Waals surface area contributed by atoms with E-state index < -0.39 is 0 Å². The molecule has 2 aromatic carbocycles. The van der Waals surface area contributed by atoms with Crippen LogP contribution in [0, 0.1) is 0 Å². The summed E-state index contributed by atoms with van der Waals surface area (Å²) in [5, 5.41) is 2.68. The molecule has 0 saturated carbocycles. The predicted molar refractivity (Wildman–Crippen MR) is 64.6 cm³/mol. The van der Waals surface area contributed by atoms with Crippen LogP contribution in [0.5, 0.6) is 0 Å². The van der Waals surface area contributed by atoms with Crippen LogP contribution in [0.3, 0.4) is 0 Å². The average molecular weight is 245 g/mol. The first-order valence-corrected chi connectivity index (χ1v) is 5.50. The summed E-state index contributed by atoms with van der Waals surface area (Å²) in [5.41, 5.74) is 2.81. The zero-order chi connectivity index (χ0) is 9.54. The molecular weight excluding hydrogens is 236 g/mol. The lowest BCUT2D eigenvalue weighted by atomic mass is 10.0. The maximum atomic E-state index is 3.57. The molecule has 2 aromatic rings. The van der Waals surface area contributed by atoms with Gasteiger partial charge in [0, 0.05) is 10.9 Å². The molecule has 0 unspecified atom stereocenters. The molecule has 0 radical (unpaired) electrons. The van der Waals surface area contributed by atoms with E-state index in [-0.39, 0.29) is 0 Å². The van der Waals surface area contributed by atoms with E-state index in [2.05, 4.69) is 58.4 Å². The minimum atomic E-state index is 1.04. The van der Waals surface area contributed by atoms with Gasteiger partial charge in [0.1, 0.15) is 0 Å². The molecule has 0 saturated heterocycles. The monoisotopic (exact) mass is 244 g/mol. The summed E-state index contributed by atoms with van der Waals surface area (Å²) in [4.78, 5) is 0. The number of rotatable bonds is 0. The van der Waals surface area contributed by atoms with Crippen LogP contribution in [0.1, 0.15) is 11.1 Å². The summed E-state index contributed by atoms with van der Waals surface area (Å²) in [5.74, 6) is 0. The van der Waals surface area contributed by atoms with E-state index in [1.54, 1.807) is 0 Å². The molecular formula is C13H9Br. The highest BCUT2D eigenvalue weighted by Gasteiger charge is 2.12. The van der Waals surface area contributed by atoms with Crippen LogP contribution >= 0.6 is 15.9 Å². The van der Waals surface area contributed by atoms with Gasteiger partial charge < -0.3 is 0 Å². The molecule has 0 N–H and O–H groups in total. The third kappa shape index (κ3) is 1.12. The van der Waals surface area contributed by atoms with E-state index in [0.29, 0.717) is 0 Å². The molecule has 68 valence electrons. The van der Waals surface area contributed by atoms with Gasteiger partial charge in [0.2, 0.25) is 0 Å². The van der Waals surface area contributed by atoms with Crippen molar-refractivity contribution < 1.29 is 0 Å². The Morgan fingerprint density at radius 2 is 1.86 bits per heavy atom. The van der Waals surface area contributed by atoms with Crippen molar-refractivity contribution in [1.82, 2.24) is 0 Å². The molecule has 0 aromatic heterocycles. The SMILES string of the molecule is BrC1=Cc2c(ccc3ccccc23)C1. The molecule has 0 nitrogen and oxygen atoms in total. The largest absolute Gasteiger partial charge is 0.0616 e. The fourth-order valence-corrected chi connectivity index (χ4v) is 2.59. The van der Waals surface area contributed by atoms with Gasteiger partial charge in [-0.2, -0.15) is 0 Å². The van der Waals surface area contributed by atoms with Crippen LogP contribution in [0.25, 0.3) is 16.8 Å². The Bertz CT molecular complexity index is 538. The van der Waals surface area contributed by atoms with E-state index >= 15 is 0 Å². The quantitative estimate of drug-likeness (QED) is 0.654. The summed E-state index contributed by atoms with van der Waals surface area (Å²) in [6, 6.07) is 13.0. The molecule has 1 aliphatic rings. The van der Waals surface area contributed by atoms with Gasteiger partial charge in [0.25, 0.3) is 0 Å². The number of hydrogen-bond donors (Lipinski definition) is 0. The summed E-state index contributed by atoms with van der Waals surface area (Å²) < 4.78 is 1.28. The molecule has 0 fully saturated rings. The number of fused-ring (bicyclic) bond motifs is 3. The van der Waals surface area contributed by atoms with Gasteiger partial charge in [-0.3, -0.25) is 0 Å². The Kier molecular flexibility index (Phi) is 1.74. The lowest BCUT2D eigenvalue weighted by Crippen LogP contribution is -1.83.